The number of nitrogens with one attached hydrogen (secondary N) is 2. The molecule has 25 heavy (non-hydrogen) atoms. The van der Waals surface area contributed by atoms with E-state index in [0.29, 0.717) is 12.3 Å². The lowest BCUT2D eigenvalue weighted by molar-refractivity contribution is -0.135. The van der Waals surface area contributed by atoms with Crippen molar-refractivity contribution in [2.45, 2.75) is 50.6 Å². The minimum atomic E-state index is -1.01. The second kappa shape index (κ2) is 5.86. The fourth-order valence-corrected chi connectivity index (χ4v) is 4.11. The average molecular weight is 341 g/mol. The van der Waals surface area contributed by atoms with E-state index in [-0.39, 0.29) is 24.4 Å². The molecule has 6 heteroatoms. The summed E-state index contributed by atoms with van der Waals surface area (Å²) in [5.74, 6) is -0.0495. The van der Waals surface area contributed by atoms with Crippen LogP contribution in [-0.2, 0) is 21.5 Å². The van der Waals surface area contributed by atoms with Gasteiger partial charge in [-0.1, -0.05) is 24.3 Å². The van der Waals surface area contributed by atoms with Crippen LogP contribution in [0.15, 0.2) is 24.3 Å². The Balaban J connectivity index is 1.54. The number of hydrogen-bond acceptors (Lipinski definition) is 3. The lowest BCUT2D eigenvalue weighted by atomic mass is 9.76. The van der Waals surface area contributed by atoms with Crippen LogP contribution in [0.4, 0.5) is 4.79 Å². The summed E-state index contributed by atoms with van der Waals surface area (Å²) >= 11 is 0. The number of nitrogens with zero attached hydrogens (tertiary/aromatic N) is 1. The molecule has 1 spiro atoms. The number of carbonyl (C=O) groups is 3. The molecule has 0 aromatic heterocycles. The molecule has 132 valence electrons. The van der Waals surface area contributed by atoms with Gasteiger partial charge in [0.2, 0.25) is 5.91 Å². The standard InChI is InChI=1S/C19H23N3O3/c1-12(13-8-9-13)20-16(23)11-22-17(24)19(21-18(22)25)10-4-6-14-5-2-3-7-15(14)19/h2-3,5,7,12-13H,4,6,8-11H2,1H3,(H,20,23)(H,21,25)/t12-,19-/m0/s1. The molecule has 6 nitrogen and oxygen atoms in total. The van der Waals surface area contributed by atoms with E-state index in [9.17, 15) is 14.4 Å². The number of imide groups is 1. The zero-order chi connectivity index (χ0) is 17.6. The smallest absolute Gasteiger partial charge is 0.325 e. The van der Waals surface area contributed by atoms with Gasteiger partial charge in [0, 0.05) is 6.04 Å². The van der Waals surface area contributed by atoms with E-state index in [4.69, 9.17) is 0 Å². The summed E-state index contributed by atoms with van der Waals surface area (Å²) in [5, 5.41) is 5.78. The second-order valence-electron chi connectivity index (χ2n) is 7.43. The summed E-state index contributed by atoms with van der Waals surface area (Å²) in [6, 6.07) is 7.36. The molecule has 2 fully saturated rings. The van der Waals surface area contributed by atoms with E-state index in [2.05, 4.69) is 10.6 Å². The first-order chi connectivity index (χ1) is 12.0. The molecule has 4 rings (SSSR count). The van der Waals surface area contributed by atoms with Crippen molar-refractivity contribution in [1.29, 1.82) is 0 Å². The third-order valence-electron chi connectivity index (χ3n) is 5.67. The molecule has 1 heterocycles. The molecule has 0 radical (unpaired) electrons. The first kappa shape index (κ1) is 16.1. The number of benzene rings is 1. The summed E-state index contributed by atoms with van der Waals surface area (Å²) < 4.78 is 0. The van der Waals surface area contributed by atoms with E-state index < -0.39 is 11.6 Å². The molecule has 2 N–H and O–H groups in total. The minimum absolute atomic E-state index is 0.0950. The largest absolute Gasteiger partial charge is 0.352 e. The predicted octanol–water partition coefficient (Wildman–Crippen LogP) is 1.68. The van der Waals surface area contributed by atoms with Crippen LogP contribution in [0, 0.1) is 5.92 Å². The molecule has 0 unspecified atom stereocenters. The highest BCUT2D eigenvalue weighted by atomic mass is 16.2. The van der Waals surface area contributed by atoms with E-state index in [1.807, 2.05) is 31.2 Å². The van der Waals surface area contributed by atoms with Gasteiger partial charge in [0.05, 0.1) is 0 Å². The molecular formula is C19H23N3O3. The Bertz CT molecular complexity index is 743. The van der Waals surface area contributed by atoms with Crippen molar-refractivity contribution >= 4 is 17.8 Å². The number of aryl methyl sites for hydroxylation is 1. The average Bonchev–Trinajstić information content (AvgIpc) is 3.41. The zero-order valence-electron chi connectivity index (χ0n) is 14.4. The molecule has 4 amide bonds. The highest BCUT2D eigenvalue weighted by molar-refractivity contribution is 6.09. The number of rotatable bonds is 4. The molecule has 3 aliphatic rings. The number of hydrogen-bond donors (Lipinski definition) is 2. The number of urea groups is 1. The van der Waals surface area contributed by atoms with Crippen LogP contribution < -0.4 is 10.6 Å². The van der Waals surface area contributed by atoms with Crippen molar-refractivity contribution < 1.29 is 14.4 Å². The summed E-state index contributed by atoms with van der Waals surface area (Å²) in [4.78, 5) is 38.9. The Morgan fingerprint density at radius 1 is 1.36 bits per heavy atom. The summed E-state index contributed by atoms with van der Waals surface area (Å²) in [5.41, 5.74) is 0.957. The quantitative estimate of drug-likeness (QED) is 0.818. The van der Waals surface area contributed by atoms with Crippen LogP contribution in [0.5, 0.6) is 0 Å². The topological polar surface area (TPSA) is 78.5 Å². The molecule has 1 saturated carbocycles. The van der Waals surface area contributed by atoms with Crippen molar-refractivity contribution in [2.75, 3.05) is 6.54 Å². The minimum Gasteiger partial charge on any atom is -0.352 e. The van der Waals surface area contributed by atoms with Crippen molar-refractivity contribution in [3.05, 3.63) is 35.4 Å². The lowest BCUT2D eigenvalue weighted by Crippen LogP contribution is -2.47. The van der Waals surface area contributed by atoms with E-state index in [1.165, 1.54) is 0 Å². The zero-order valence-corrected chi connectivity index (χ0v) is 14.4. The Morgan fingerprint density at radius 2 is 2.12 bits per heavy atom. The van der Waals surface area contributed by atoms with Gasteiger partial charge in [-0.25, -0.2) is 4.79 Å². The van der Waals surface area contributed by atoms with E-state index in [1.54, 1.807) is 0 Å². The van der Waals surface area contributed by atoms with Gasteiger partial charge in [0.15, 0.2) is 0 Å². The van der Waals surface area contributed by atoms with Gasteiger partial charge in [0.25, 0.3) is 5.91 Å². The first-order valence-corrected chi connectivity index (χ1v) is 9.03. The third-order valence-corrected chi connectivity index (χ3v) is 5.67. The monoisotopic (exact) mass is 341 g/mol. The Labute approximate surface area is 147 Å². The fourth-order valence-electron chi connectivity index (χ4n) is 4.11. The van der Waals surface area contributed by atoms with Crippen molar-refractivity contribution in [3.8, 4) is 0 Å². The lowest BCUT2D eigenvalue weighted by Gasteiger charge is -2.33. The van der Waals surface area contributed by atoms with E-state index >= 15 is 0 Å². The summed E-state index contributed by atoms with van der Waals surface area (Å²) in [6.45, 7) is 1.76. The first-order valence-electron chi connectivity index (χ1n) is 9.03. The maximum atomic E-state index is 13.1. The van der Waals surface area contributed by atoms with Gasteiger partial charge >= 0.3 is 6.03 Å². The molecule has 1 aromatic rings. The number of carbonyl (C=O) groups excluding carboxylic acids is 3. The second-order valence-corrected chi connectivity index (χ2v) is 7.43. The maximum Gasteiger partial charge on any atom is 0.325 e. The van der Waals surface area contributed by atoms with Crippen LogP contribution >= 0.6 is 0 Å². The van der Waals surface area contributed by atoms with Crippen LogP contribution in [0.2, 0.25) is 0 Å². The predicted molar refractivity (Wildman–Crippen MR) is 91.6 cm³/mol. The molecule has 1 aliphatic heterocycles. The Kier molecular flexibility index (Phi) is 3.78. The van der Waals surface area contributed by atoms with Crippen molar-refractivity contribution in [3.63, 3.8) is 0 Å². The van der Waals surface area contributed by atoms with Crippen LogP contribution in [0.25, 0.3) is 0 Å². The van der Waals surface area contributed by atoms with E-state index in [0.717, 1.165) is 41.7 Å². The van der Waals surface area contributed by atoms with Gasteiger partial charge in [-0.15, -0.1) is 0 Å². The maximum absolute atomic E-state index is 13.1. The summed E-state index contributed by atoms with van der Waals surface area (Å²) in [6.07, 6.45) is 4.57. The molecule has 1 aromatic carbocycles. The van der Waals surface area contributed by atoms with Crippen molar-refractivity contribution in [1.82, 2.24) is 15.5 Å². The molecule has 1 saturated heterocycles. The normalized spacial score (nSPS) is 26.4. The number of fused-ring (bicyclic) bond motifs is 2. The van der Waals surface area contributed by atoms with Crippen LogP contribution in [-0.4, -0.2) is 35.3 Å². The highest BCUT2D eigenvalue weighted by Gasteiger charge is 2.54. The molecule has 0 bridgehead atoms. The van der Waals surface area contributed by atoms with Crippen LogP contribution in [0.1, 0.15) is 43.7 Å². The van der Waals surface area contributed by atoms with Gasteiger partial charge in [-0.05, 0) is 56.1 Å². The fraction of sp³-hybridized carbons (Fsp3) is 0.526. The SMILES string of the molecule is C[C@H](NC(=O)CN1C(=O)N[C@]2(CCCc3ccccc32)C1=O)C1CC1. The highest BCUT2D eigenvalue weighted by Crippen LogP contribution is 2.39. The van der Waals surface area contributed by atoms with Crippen molar-refractivity contribution in [2.24, 2.45) is 5.92 Å². The molecule has 2 atom stereocenters. The molecule has 2 aliphatic carbocycles. The van der Waals surface area contributed by atoms with Gasteiger partial charge in [-0.2, -0.15) is 0 Å². The van der Waals surface area contributed by atoms with Gasteiger partial charge in [0.1, 0.15) is 12.1 Å². The van der Waals surface area contributed by atoms with Gasteiger partial charge < -0.3 is 10.6 Å². The summed E-state index contributed by atoms with van der Waals surface area (Å²) in [7, 11) is 0. The Morgan fingerprint density at radius 3 is 2.88 bits per heavy atom. The number of amides is 4. The van der Waals surface area contributed by atoms with Gasteiger partial charge in [-0.3, -0.25) is 14.5 Å². The molecular weight excluding hydrogens is 318 g/mol. The third kappa shape index (κ3) is 2.69. The Hall–Kier alpha value is -2.37. The van der Waals surface area contributed by atoms with Crippen LogP contribution in [0.3, 0.4) is 0 Å².